The predicted octanol–water partition coefficient (Wildman–Crippen LogP) is 6.48. The Morgan fingerprint density at radius 2 is 1.79 bits per heavy atom. The molecule has 0 aliphatic carbocycles. The van der Waals surface area contributed by atoms with Crippen molar-refractivity contribution >= 4 is 28.2 Å². The monoisotopic (exact) mass is 415 g/mol. The van der Waals surface area contributed by atoms with E-state index in [9.17, 15) is 9.59 Å². The van der Waals surface area contributed by atoms with Crippen molar-refractivity contribution in [1.82, 2.24) is 0 Å². The van der Waals surface area contributed by atoms with Gasteiger partial charge in [-0.05, 0) is 36.3 Å². The predicted molar refractivity (Wildman–Crippen MR) is 121 cm³/mol. The molecular formula is C24H33NO3S. The Morgan fingerprint density at radius 1 is 1.14 bits per heavy atom. The normalized spacial score (nSPS) is 13.6. The quantitative estimate of drug-likeness (QED) is 0.502. The average molecular weight is 416 g/mol. The first-order chi connectivity index (χ1) is 13.6. The molecule has 0 spiro atoms. The summed E-state index contributed by atoms with van der Waals surface area (Å²) in [7, 11) is 0. The molecule has 0 radical (unpaired) electrons. The highest BCUT2D eigenvalue weighted by molar-refractivity contribution is 7.16. The highest BCUT2D eigenvalue weighted by Crippen LogP contribution is 2.37. The zero-order valence-corrected chi connectivity index (χ0v) is 19.2. The van der Waals surface area contributed by atoms with Gasteiger partial charge in [-0.25, -0.2) is 4.79 Å². The Kier molecular flexibility index (Phi) is 8.03. The smallest absolute Gasteiger partial charge is 0.341 e. The molecule has 0 aliphatic heterocycles. The second-order valence-corrected chi connectivity index (χ2v) is 9.95. The summed E-state index contributed by atoms with van der Waals surface area (Å²) in [6.45, 7) is 12.8. The molecular weight excluding hydrogens is 382 g/mol. The molecule has 0 unspecified atom stereocenters. The van der Waals surface area contributed by atoms with Crippen LogP contribution in [0.15, 0.2) is 36.4 Å². The van der Waals surface area contributed by atoms with Crippen LogP contribution in [0.1, 0.15) is 81.1 Å². The van der Waals surface area contributed by atoms with Crippen LogP contribution in [0.4, 0.5) is 5.00 Å². The first kappa shape index (κ1) is 23.1. The number of amides is 1. The van der Waals surface area contributed by atoms with Crippen LogP contribution in [0.5, 0.6) is 0 Å². The van der Waals surface area contributed by atoms with Crippen LogP contribution in [0.2, 0.25) is 0 Å². The van der Waals surface area contributed by atoms with E-state index in [1.165, 1.54) is 16.9 Å². The zero-order chi connectivity index (χ0) is 21.6. The molecule has 0 aliphatic rings. The minimum atomic E-state index is -0.395. The molecule has 1 N–H and O–H groups in total. The molecule has 2 atom stereocenters. The van der Waals surface area contributed by atoms with Gasteiger partial charge >= 0.3 is 5.97 Å². The number of rotatable bonds is 8. The van der Waals surface area contributed by atoms with Gasteiger partial charge in [-0.3, -0.25) is 4.79 Å². The maximum atomic E-state index is 12.6. The summed E-state index contributed by atoms with van der Waals surface area (Å²) >= 11 is 1.45. The molecule has 1 aromatic carbocycles. The SMILES string of the molecule is CCOC(=O)c1cc([C@@H](C)c2ccccc2)sc1NC(=O)C[C@@H](C)CC(C)(C)C. The number of benzene rings is 1. The van der Waals surface area contributed by atoms with E-state index in [2.05, 4.69) is 52.1 Å². The summed E-state index contributed by atoms with van der Waals surface area (Å²) in [4.78, 5) is 26.1. The molecule has 2 aromatic rings. The van der Waals surface area contributed by atoms with Crippen LogP contribution in [0, 0.1) is 11.3 Å². The van der Waals surface area contributed by atoms with Crippen molar-refractivity contribution in [3.05, 3.63) is 52.4 Å². The standard InChI is InChI=1S/C24H33NO3S/c1-7-28-23(27)19-14-20(17(3)18-11-9-8-10-12-18)29-22(19)25-21(26)13-16(2)15-24(4,5)6/h8-12,14,16-17H,7,13,15H2,1-6H3,(H,25,26)/t16-,17+/m1/s1. The molecule has 1 heterocycles. The number of hydrogen-bond acceptors (Lipinski definition) is 4. The van der Waals surface area contributed by atoms with Crippen molar-refractivity contribution < 1.29 is 14.3 Å². The maximum absolute atomic E-state index is 12.6. The van der Waals surface area contributed by atoms with Gasteiger partial charge in [0.15, 0.2) is 0 Å². The van der Waals surface area contributed by atoms with Crippen LogP contribution in [0.25, 0.3) is 0 Å². The molecule has 1 amide bonds. The summed E-state index contributed by atoms with van der Waals surface area (Å²) in [6, 6.07) is 12.0. The van der Waals surface area contributed by atoms with Gasteiger partial charge in [0.05, 0.1) is 12.2 Å². The highest BCUT2D eigenvalue weighted by Gasteiger charge is 2.23. The molecule has 1 aromatic heterocycles. The lowest BCUT2D eigenvalue weighted by molar-refractivity contribution is -0.117. The third kappa shape index (κ3) is 7.00. The van der Waals surface area contributed by atoms with E-state index < -0.39 is 5.97 Å². The Morgan fingerprint density at radius 3 is 2.38 bits per heavy atom. The molecule has 4 nitrogen and oxygen atoms in total. The molecule has 0 saturated heterocycles. The van der Waals surface area contributed by atoms with Gasteiger partial charge in [-0.15, -0.1) is 11.3 Å². The molecule has 2 rings (SSSR count). The van der Waals surface area contributed by atoms with Crippen molar-refractivity contribution in [2.45, 2.75) is 60.3 Å². The number of ether oxygens (including phenoxy) is 1. The van der Waals surface area contributed by atoms with Crippen LogP contribution < -0.4 is 5.32 Å². The lowest BCUT2D eigenvalue weighted by atomic mass is 9.84. The molecule has 0 saturated carbocycles. The second-order valence-electron chi connectivity index (χ2n) is 8.87. The van der Waals surface area contributed by atoms with E-state index in [0.29, 0.717) is 23.6 Å². The largest absolute Gasteiger partial charge is 0.462 e. The third-order valence-corrected chi connectivity index (χ3v) is 5.95. The van der Waals surface area contributed by atoms with E-state index in [0.717, 1.165) is 11.3 Å². The van der Waals surface area contributed by atoms with Gasteiger partial charge in [0.1, 0.15) is 5.00 Å². The van der Waals surface area contributed by atoms with Crippen LogP contribution in [-0.4, -0.2) is 18.5 Å². The number of thiophene rings is 1. The second kappa shape index (κ2) is 10.1. The average Bonchev–Trinajstić information content (AvgIpc) is 3.04. The summed E-state index contributed by atoms with van der Waals surface area (Å²) in [6.07, 6.45) is 1.40. The Labute approximate surface area is 178 Å². The van der Waals surface area contributed by atoms with Crippen molar-refractivity contribution in [2.75, 3.05) is 11.9 Å². The maximum Gasteiger partial charge on any atom is 0.341 e. The van der Waals surface area contributed by atoms with Gasteiger partial charge in [-0.2, -0.15) is 0 Å². The first-order valence-electron chi connectivity index (χ1n) is 10.3. The summed E-state index contributed by atoms with van der Waals surface area (Å²) < 4.78 is 5.21. The Bertz CT molecular complexity index is 820. The summed E-state index contributed by atoms with van der Waals surface area (Å²) in [5.74, 6) is -0.0649. The van der Waals surface area contributed by atoms with Crippen LogP contribution in [0.3, 0.4) is 0 Å². The van der Waals surface area contributed by atoms with Gasteiger partial charge in [0.25, 0.3) is 0 Å². The van der Waals surface area contributed by atoms with Crippen molar-refractivity contribution in [3.8, 4) is 0 Å². The van der Waals surface area contributed by atoms with Crippen LogP contribution >= 0.6 is 11.3 Å². The van der Waals surface area contributed by atoms with Crippen LogP contribution in [-0.2, 0) is 9.53 Å². The molecule has 0 fully saturated rings. The third-order valence-electron chi connectivity index (χ3n) is 4.72. The number of anilines is 1. The van der Waals surface area contributed by atoms with E-state index in [4.69, 9.17) is 4.74 Å². The fourth-order valence-corrected chi connectivity index (χ4v) is 4.74. The molecule has 0 bridgehead atoms. The van der Waals surface area contributed by atoms with E-state index >= 15 is 0 Å². The zero-order valence-electron chi connectivity index (χ0n) is 18.4. The van der Waals surface area contributed by atoms with E-state index in [-0.39, 0.29) is 23.2 Å². The van der Waals surface area contributed by atoms with E-state index in [1.54, 1.807) is 6.92 Å². The fourth-order valence-electron chi connectivity index (χ4n) is 3.59. The summed E-state index contributed by atoms with van der Waals surface area (Å²) in [5, 5.41) is 3.55. The van der Waals surface area contributed by atoms with Crippen molar-refractivity contribution in [1.29, 1.82) is 0 Å². The topological polar surface area (TPSA) is 55.4 Å². The number of esters is 1. The molecule has 29 heavy (non-hydrogen) atoms. The number of carbonyl (C=O) groups excluding carboxylic acids is 2. The molecule has 5 heteroatoms. The molecule has 158 valence electrons. The Balaban J connectivity index is 2.21. The summed E-state index contributed by atoms with van der Waals surface area (Å²) in [5.41, 5.74) is 1.78. The number of carbonyl (C=O) groups is 2. The minimum Gasteiger partial charge on any atom is -0.462 e. The van der Waals surface area contributed by atoms with Gasteiger partial charge in [-0.1, -0.05) is 65.0 Å². The number of nitrogens with one attached hydrogen (secondary N) is 1. The van der Waals surface area contributed by atoms with Crippen molar-refractivity contribution in [2.24, 2.45) is 11.3 Å². The fraction of sp³-hybridized carbons (Fsp3) is 0.500. The minimum absolute atomic E-state index is 0.0620. The van der Waals surface area contributed by atoms with Gasteiger partial charge < -0.3 is 10.1 Å². The Hall–Kier alpha value is -2.14. The lowest BCUT2D eigenvalue weighted by Crippen LogP contribution is -2.19. The van der Waals surface area contributed by atoms with E-state index in [1.807, 2.05) is 24.3 Å². The van der Waals surface area contributed by atoms with Gasteiger partial charge in [0.2, 0.25) is 5.91 Å². The highest BCUT2D eigenvalue weighted by atomic mass is 32.1. The van der Waals surface area contributed by atoms with Gasteiger partial charge in [0, 0.05) is 17.2 Å². The lowest BCUT2D eigenvalue weighted by Gasteiger charge is -2.22. The van der Waals surface area contributed by atoms with Crippen molar-refractivity contribution in [3.63, 3.8) is 0 Å². The first-order valence-corrected chi connectivity index (χ1v) is 11.1. The number of hydrogen-bond donors (Lipinski definition) is 1.